The van der Waals surface area contributed by atoms with Gasteiger partial charge < -0.3 is 4.74 Å². The Hall–Kier alpha value is -2.82. The molecule has 0 aliphatic carbocycles. The van der Waals surface area contributed by atoms with E-state index in [1.165, 1.54) is 5.56 Å². The Balaban J connectivity index is 1.63. The van der Waals surface area contributed by atoms with Crippen LogP contribution in [0.1, 0.15) is 34.3 Å². The van der Waals surface area contributed by atoms with Gasteiger partial charge in [-0.15, -0.1) is 0 Å². The first-order valence-electron chi connectivity index (χ1n) is 7.90. The summed E-state index contributed by atoms with van der Waals surface area (Å²) < 4.78 is 5.55. The van der Waals surface area contributed by atoms with Crippen LogP contribution in [0.25, 0.3) is 0 Å². The molecule has 0 unspecified atom stereocenters. The molecule has 0 saturated heterocycles. The van der Waals surface area contributed by atoms with E-state index in [4.69, 9.17) is 4.74 Å². The minimum Gasteiger partial charge on any atom is -0.494 e. The van der Waals surface area contributed by atoms with Gasteiger partial charge in [-0.1, -0.05) is 35.4 Å². The smallest absolute Gasteiger partial charge is 0.269 e. The van der Waals surface area contributed by atoms with E-state index in [1.807, 2.05) is 50.2 Å². The zero-order valence-electron chi connectivity index (χ0n) is 14.0. The minimum atomic E-state index is -0.334. The largest absolute Gasteiger partial charge is 0.494 e. The zero-order chi connectivity index (χ0) is 17.4. The summed E-state index contributed by atoms with van der Waals surface area (Å²) >= 11 is 0. The molecule has 2 aromatic rings. The van der Waals surface area contributed by atoms with Gasteiger partial charge >= 0.3 is 0 Å². The van der Waals surface area contributed by atoms with E-state index in [9.17, 15) is 9.59 Å². The molecular weight excluding hydrogens is 304 g/mol. The SMILES string of the molecule is Cc1ccc(OCCCC(=O)NNC(=O)c2ccc(C)cc2)cc1. The summed E-state index contributed by atoms with van der Waals surface area (Å²) in [5.74, 6) is 0.205. The van der Waals surface area contributed by atoms with E-state index < -0.39 is 0 Å². The maximum atomic E-state index is 11.9. The molecule has 0 bridgehead atoms. The van der Waals surface area contributed by atoms with Crippen LogP contribution < -0.4 is 15.6 Å². The van der Waals surface area contributed by atoms with Crippen molar-refractivity contribution >= 4 is 11.8 Å². The summed E-state index contributed by atoms with van der Waals surface area (Å²) in [7, 11) is 0. The fourth-order valence-corrected chi connectivity index (χ4v) is 2.02. The second-order valence-electron chi connectivity index (χ2n) is 5.63. The minimum absolute atomic E-state index is 0.247. The van der Waals surface area contributed by atoms with Crippen molar-refractivity contribution in [1.29, 1.82) is 0 Å². The van der Waals surface area contributed by atoms with Crippen LogP contribution in [0.2, 0.25) is 0 Å². The predicted octanol–water partition coefficient (Wildman–Crippen LogP) is 2.92. The summed E-state index contributed by atoms with van der Waals surface area (Å²) in [6, 6.07) is 14.9. The highest BCUT2D eigenvalue weighted by atomic mass is 16.5. The maximum absolute atomic E-state index is 11.9. The third-order valence-electron chi connectivity index (χ3n) is 3.47. The normalized spacial score (nSPS) is 10.1. The van der Waals surface area contributed by atoms with Crippen LogP contribution in [0, 0.1) is 13.8 Å². The summed E-state index contributed by atoms with van der Waals surface area (Å²) in [5.41, 5.74) is 7.56. The van der Waals surface area contributed by atoms with Crippen molar-refractivity contribution in [3.8, 4) is 5.75 Å². The second kappa shape index (κ2) is 8.72. The van der Waals surface area contributed by atoms with E-state index in [1.54, 1.807) is 12.1 Å². The molecule has 0 radical (unpaired) electrons. The molecule has 5 heteroatoms. The van der Waals surface area contributed by atoms with Crippen molar-refractivity contribution in [2.24, 2.45) is 0 Å². The fraction of sp³-hybridized carbons (Fsp3) is 0.263. The lowest BCUT2D eigenvalue weighted by Gasteiger charge is -2.08. The Bertz CT molecular complexity index is 679. The standard InChI is InChI=1S/C19H22N2O3/c1-14-5-9-16(10-6-14)19(23)21-20-18(22)4-3-13-24-17-11-7-15(2)8-12-17/h5-12H,3-4,13H2,1-2H3,(H,20,22)(H,21,23). The van der Waals surface area contributed by atoms with Crippen molar-refractivity contribution in [2.75, 3.05) is 6.61 Å². The summed E-state index contributed by atoms with van der Waals surface area (Å²) in [6.07, 6.45) is 0.847. The number of hydrogen-bond acceptors (Lipinski definition) is 3. The van der Waals surface area contributed by atoms with Crippen LogP contribution in [0.15, 0.2) is 48.5 Å². The molecule has 0 heterocycles. The number of nitrogens with one attached hydrogen (secondary N) is 2. The molecule has 2 rings (SSSR count). The number of carbonyl (C=O) groups is 2. The van der Waals surface area contributed by atoms with Gasteiger partial charge in [-0.2, -0.15) is 0 Å². The molecule has 0 aromatic heterocycles. The van der Waals surface area contributed by atoms with Crippen molar-refractivity contribution < 1.29 is 14.3 Å². The monoisotopic (exact) mass is 326 g/mol. The molecule has 24 heavy (non-hydrogen) atoms. The molecule has 126 valence electrons. The molecule has 2 amide bonds. The van der Waals surface area contributed by atoms with Crippen molar-refractivity contribution in [1.82, 2.24) is 10.9 Å². The number of aryl methyl sites for hydroxylation is 2. The third kappa shape index (κ3) is 5.76. The van der Waals surface area contributed by atoms with Gasteiger partial charge in [0, 0.05) is 12.0 Å². The number of hydrogen-bond donors (Lipinski definition) is 2. The first kappa shape index (κ1) is 17.5. The molecule has 2 aromatic carbocycles. The summed E-state index contributed by atoms with van der Waals surface area (Å²) in [6.45, 7) is 4.41. The van der Waals surface area contributed by atoms with Crippen LogP contribution in [0.5, 0.6) is 5.75 Å². The van der Waals surface area contributed by atoms with Crippen LogP contribution in [-0.2, 0) is 4.79 Å². The van der Waals surface area contributed by atoms with Gasteiger partial charge in [0.05, 0.1) is 6.61 Å². The van der Waals surface area contributed by atoms with E-state index in [0.29, 0.717) is 18.6 Å². The van der Waals surface area contributed by atoms with Gasteiger partial charge in [-0.25, -0.2) is 0 Å². The highest BCUT2D eigenvalue weighted by Crippen LogP contribution is 2.11. The lowest BCUT2D eigenvalue weighted by Crippen LogP contribution is -2.41. The predicted molar refractivity (Wildman–Crippen MR) is 92.7 cm³/mol. The molecule has 0 fully saturated rings. The van der Waals surface area contributed by atoms with Gasteiger partial charge in [-0.3, -0.25) is 20.4 Å². The number of amides is 2. The number of rotatable bonds is 6. The highest BCUT2D eigenvalue weighted by Gasteiger charge is 2.07. The number of hydrazine groups is 1. The van der Waals surface area contributed by atoms with Gasteiger partial charge in [0.25, 0.3) is 5.91 Å². The number of benzene rings is 2. The molecule has 0 aliphatic rings. The average Bonchev–Trinajstić information content (AvgIpc) is 2.59. The van der Waals surface area contributed by atoms with Crippen LogP contribution in [0.4, 0.5) is 0 Å². The van der Waals surface area contributed by atoms with E-state index >= 15 is 0 Å². The number of carbonyl (C=O) groups excluding carboxylic acids is 2. The van der Waals surface area contributed by atoms with Crippen LogP contribution in [0.3, 0.4) is 0 Å². The summed E-state index contributed by atoms with van der Waals surface area (Å²) in [4.78, 5) is 23.6. The van der Waals surface area contributed by atoms with Gasteiger partial charge in [0.15, 0.2) is 0 Å². The Labute approximate surface area is 142 Å². The number of ether oxygens (including phenoxy) is 1. The Kier molecular flexibility index (Phi) is 6.37. The first-order valence-corrected chi connectivity index (χ1v) is 7.90. The lowest BCUT2D eigenvalue weighted by molar-refractivity contribution is -0.122. The molecule has 2 N–H and O–H groups in total. The molecule has 0 spiro atoms. The maximum Gasteiger partial charge on any atom is 0.269 e. The fourth-order valence-electron chi connectivity index (χ4n) is 2.02. The quantitative estimate of drug-likeness (QED) is 0.633. The lowest BCUT2D eigenvalue weighted by atomic mass is 10.1. The molecule has 5 nitrogen and oxygen atoms in total. The van der Waals surface area contributed by atoms with Crippen molar-refractivity contribution in [3.05, 3.63) is 65.2 Å². The van der Waals surface area contributed by atoms with Gasteiger partial charge in [0.1, 0.15) is 5.75 Å². The van der Waals surface area contributed by atoms with Crippen LogP contribution >= 0.6 is 0 Å². The van der Waals surface area contributed by atoms with Crippen molar-refractivity contribution in [3.63, 3.8) is 0 Å². The van der Waals surface area contributed by atoms with E-state index in [-0.39, 0.29) is 18.2 Å². The first-order chi connectivity index (χ1) is 11.5. The Morgan fingerprint density at radius 2 is 1.46 bits per heavy atom. The van der Waals surface area contributed by atoms with Gasteiger partial charge in [-0.05, 0) is 44.5 Å². The molecule has 0 atom stereocenters. The average molecular weight is 326 g/mol. The third-order valence-corrected chi connectivity index (χ3v) is 3.47. The summed E-state index contributed by atoms with van der Waals surface area (Å²) in [5, 5.41) is 0. The topological polar surface area (TPSA) is 67.4 Å². The zero-order valence-corrected chi connectivity index (χ0v) is 14.0. The molecule has 0 aliphatic heterocycles. The molecular formula is C19H22N2O3. The molecule has 0 saturated carbocycles. The Morgan fingerprint density at radius 1 is 0.875 bits per heavy atom. The van der Waals surface area contributed by atoms with Crippen molar-refractivity contribution in [2.45, 2.75) is 26.7 Å². The van der Waals surface area contributed by atoms with E-state index in [0.717, 1.165) is 11.3 Å². The Morgan fingerprint density at radius 3 is 2.08 bits per heavy atom. The van der Waals surface area contributed by atoms with Gasteiger partial charge in [0.2, 0.25) is 5.91 Å². The second-order valence-corrected chi connectivity index (χ2v) is 5.63. The van der Waals surface area contributed by atoms with Crippen LogP contribution in [-0.4, -0.2) is 18.4 Å². The highest BCUT2D eigenvalue weighted by molar-refractivity contribution is 5.95. The van der Waals surface area contributed by atoms with E-state index in [2.05, 4.69) is 10.9 Å².